The van der Waals surface area contributed by atoms with E-state index in [0.717, 1.165) is 23.4 Å². The molecule has 0 heterocycles. The molecular formula is C17H19NO2. The summed E-state index contributed by atoms with van der Waals surface area (Å²) >= 11 is 0. The first-order valence-electron chi connectivity index (χ1n) is 6.74. The summed E-state index contributed by atoms with van der Waals surface area (Å²) < 4.78 is 5.14. The summed E-state index contributed by atoms with van der Waals surface area (Å²) in [7, 11) is 1.63. The number of anilines is 1. The lowest BCUT2D eigenvalue weighted by Crippen LogP contribution is -2.20. The summed E-state index contributed by atoms with van der Waals surface area (Å²) in [5.74, 6) is 0.664. The second-order valence-electron chi connectivity index (χ2n) is 4.59. The molecule has 2 aromatic carbocycles. The predicted molar refractivity (Wildman–Crippen MR) is 81.1 cm³/mol. The largest absolute Gasteiger partial charge is 0.497 e. The molecule has 1 amide bonds. The van der Waals surface area contributed by atoms with Crippen LogP contribution in [0.15, 0.2) is 54.6 Å². The van der Waals surface area contributed by atoms with Crippen molar-refractivity contribution in [3.8, 4) is 5.75 Å². The van der Waals surface area contributed by atoms with Crippen LogP contribution in [0.25, 0.3) is 0 Å². The number of carbonyl (C=O) groups is 1. The van der Waals surface area contributed by atoms with Gasteiger partial charge >= 0.3 is 0 Å². The molecule has 0 saturated carbocycles. The molecule has 1 atom stereocenters. The Morgan fingerprint density at radius 3 is 2.30 bits per heavy atom. The SMILES string of the molecule is CC[C@@H](C(=O)Nc1ccccc1)c1ccc(OC)cc1. The first-order valence-corrected chi connectivity index (χ1v) is 6.74. The van der Waals surface area contributed by atoms with Crippen LogP contribution in [0.5, 0.6) is 5.75 Å². The van der Waals surface area contributed by atoms with Gasteiger partial charge in [-0.15, -0.1) is 0 Å². The van der Waals surface area contributed by atoms with Crippen molar-refractivity contribution in [2.75, 3.05) is 12.4 Å². The van der Waals surface area contributed by atoms with Crippen LogP contribution in [-0.2, 0) is 4.79 Å². The van der Waals surface area contributed by atoms with E-state index in [1.165, 1.54) is 0 Å². The van der Waals surface area contributed by atoms with Gasteiger partial charge in [0.1, 0.15) is 5.75 Å². The molecule has 20 heavy (non-hydrogen) atoms. The van der Waals surface area contributed by atoms with Gasteiger partial charge in [0.25, 0.3) is 0 Å². The molecule has 2 rings (SSSR count). The molecule has 3 nitrogen and oxygen atoms in total. The Bertz CT molecular complexity index is 549. The Morgan fingerprint density at radius 2 is 1.75 bits per heavy atom. The highest BCUT2D eigenvalue weighted by molar-refractivity contribution is 5.95. The Balaban J connectivity index is 2.12. The van der Waals surface area contributed by atoms with Crippen molar-refractivity contribution in [3.63, 3.8) is 0 Å². The van der Waals surface area contributed by atoms with E-state index in [2.05, 4.69) is 5.32 Å². The molecule has 104 valence electrons. The number of ether oxygens (including phenoxy) is 1. The number of amides is 1. The summed E-state index contributed by atoms with van der Waals surface area (Å²) in [4.78, 5) is 12.4. The Labute approximate surface area is 119 Å². The molecule has 0 spiro atoms. The van der Waals surface area contributed by atoms with E-state index >= 15 is 0 Å². The number of hydrogen-bond donors (Lipinski definition) is 1. The van der Waals surface area contributed by atoms with Gasteiger partial charge in [-0.1, -0.05) is 37.3 Å². The molecule has 0 radical (unpaired) electrons. The van der Waals surface area contributed by atoms with Crippen molar-refractivity contribution in [3.05, 3.63) is 60.2 Å². The third kappa shape index (κ3) is 3.38. The fourth-order valence-corrected chi connectivity index (χ4v) is 2.16. The van der Waals surface area contributed by atoms with Gasteiger partial charge in [-0.2, -0.15) is 0 Å². The van der Waals surface area contributed by atoms with E-state index in [0.29, 0.717) is 0 Å². The normalized spacial score (nSPS) is 11.7. The highest BCUT2D eigenvalue weighted by atomic mass is 16.5. The van der Waals surface area contributed by atoms with Gasteiger partial charge in [0.05, 0.1) is 13.0 Å². The summed E-state index contributed by atoms with van der Waals surface area (Å²) in [6.07, 6.45) is 0.755. The smallest absolute Gasteiger partial charge is 0.231 e. The highest BCUT2D eigenvalue weighted by Crippen LogP contribution is 2.23. The maximum Gasteiger partial charge on any atom is 0.231 e. The fraction of sp³-hybridized carbons (Fsp3) is 0.235. The lowest BCUT2D eigenvalue weighted by molar-refractivity contribution is -0.117. The van der Waals surface area contributed by atoms with Crippen molar-refractivity contribution >= 4 is 11.6 Å². The van der Waals surface area contributed by atoms with Crippen molar-refractivity contribution in [1.29, 1.82) is 0 Å². The third-order valence-corrected chi connectivity index (χ3v) is 3.28. The molecule has 3 heteroatoms. The zero-order valence-corrected chi connectivity index (χ0v) is 11.8. The minimum absolute atomic E-state index is 0.0175. The minimum Gasteiger partial charge on any atom is -0.497 e. The zero-order valence-electron chi connectivity index (χ0n) is 11.8. The number of rotatable bonds is 5. The number of methoxy groups -OCH3 is 1. The second-order valence-corrected chi connectivity index (χ2v) is 4.59. The third-order valence-electron chi connectivity index (χ3n) is 3.28. The van der Waals surface area contributed by atoms with E-state index in [1.54, 1.807) is 7.11 Å². The summed E-state index contributed by atoms with van der Waals surface area (Å²) in [6, 6.07) is 17.2. The molecule has 0 saturated heterocycles. The molecule has 0 aliphatic rings. The molecule has 0 bridgehead atoms. The summed E-state index contributed by atoms with van der Waals surface area (Å²) in [6.45, 7) is 2.01. The monoisotopic (exact) mass is 269 g/mol. The van der Waals surface area contributed by atoms with Gasteiger partial charge in [-0.3, -0.25) is 4.79 Å². The van der Waals surface area contributed by atoms with Crippen LogP contribution in [-0.4, -0.2) is 13.0 Å². The van der Waals surface area contributed by atoms with Crippen molar-refractivity contribution in [2.45, 2.75) is 19.3 Å². The van der Waals surface area contributed by atoms with Gasteiger partial charge in [-0.05, 0) is 36.2 Å². The number of hydrogen-bond acceptors (Lipinski definition) is 2. The molecule has 0 fully saturated rings. The average Bonchev–Trinajstić information content (AvgIpc) is 2.49. The topological polar surface area (TPSA) is 38.3 Å². The molecule has 1 N–H and O–H groups in total. The van der Waals surface area contributed by atoms with Crippen LogP contribution in [0.3, 0.4) is 0 Å². The molecule has 0 aromatic heterocycles. The molecule has 0 aliphatic heterocycles. The molecule has 2 aromatic rings. The maximum atomic E-state index is 12.4. The summed E-state index contributed by atoms with van der Waals surface area (Å²) in [5.41, 5.74) is 1.83. The van der Waals surface area contributed by atoms with Gasteiger partial charge < -0.3 is 10.1 Å². The lowest BCUT2D eigenvalue weighted by Gasteiger charge is -2.15. The van der Waals surface area contributed by atoms with E-state index in [-0.39, 0.29) is 11.8 Å². The molecular weight excluding hydrogens is 250 g/mol. The second kappa shape index (κ2) is 6.75. The quantitative estimate of drug-likeness (QED) is 0.896. The first-order chi connectivity index (χ1) is 9.74. The minimum atomic E-state index is -0.152. The van der Waals surface area contributed by atoms with Crippen LogP contribution < -0.4 is 10.1 Å². The van der Waals surface area contributed by atoms with Crippen LogP contribution in [0.4, 0.5) is 5.69 Å². The number of benzene rings is 2. The van der Waals surface area contributed by atoms with E-state index in [4.69, 9.17) is 4.74 Å². The number of para-hydroxylation sites is 1. The standard InChI is InChI=1S/C17H19NO2/c1-3-16(13-9-11-15(20-2)12-10-13)17(19)18-14-7-5-4-6-8-14/h4-12,16H,3H2,1-2H3,(H,18,19)/t16-/m1/s1. The number of nitrogens with one attached hydrogen (secondary N) is 1. The van der Waals surface area contributed by atoms with Crippen molar-refractivity contribution < 1.29 is 9.53 Å². The molecule has 0 unspecified atom stereocenters. The highest BCUT2D eigenvalue weighted by Gasteiger charge is 2.18. The lowest BCUT2D eigenvalue weighted by atomic mass is 9.95. The van der Waals surface area contributed by atoms with Crippen LogP contribution in [0.1, 0.15) is 24.8 Å². The van der Waals surface area contributed by atoms with E-state index < -0.39 is 0 Å². The van der Waals surface area contributed by atoms with Crippen molar-refractivity contribution in [1.82, 2.24) is 0 Å². The van der Waals surface area contributed by atoms with Crippen LogP contribution >= 0.6 is 0 Å². The Kier molecular flexibility index (Phi) is 4.77. The zero-order chi connectivity index (χ0) is 14.4. The Morgan fingerprint density at radius 1 is 1.10 bits per heavy atom. The number of carbonyl (C=O) groups excluding carboxylic acids is 1. The first kappa shape index (κ1) is 14.1. The predicted octanol–water partition coefficient (Wildman–Crippen LogP) is 3.83. The molecule has 0 aliphatic carbocycles. The summed E-state index contributed by atoms with van der Waals surface area (Å²) in [5, 5.41) is 2.95. The van der Waals surface area contributed by atoms with Gasteiger partial charge in [0.2, 0.25) is 5.91 Å². The fourth-order valence-electron chi connectivity index (χ4n) is 2.16. The van der Waals surface area contributed by atoms with Gasteiger partial charge in [0.15, 0.2) is 0 Å². The van der Waals surface area contributed by atoms with E-state index in [9.17, 15) is 4.79 Å². The van der Waals surface area contributed by atoms with Gasteiger partial charge in [-0.25, -0.2) is 0 Å². The van der Waals surface area contributed by atoms with Crippen molar-refractivity contribution in [2.24, 2.45) is 0 Å². The van der Waals surface area contributed by atoms with E-state index in [1.807, 2.05) is 61.5 Å². The van der Waals surface area contributed by atoms with Crippen LogP contribution in [0, 0.1) is 0 Å². The Hall–Kier alpha value is -2.29. The van der Waals surface area contributed by atoms with Gasteiger partial charge in [0, 0.05) is 5.69 Å². The van der Waals surface area contributed by atoms with Crippen LogP contribution in [0.2, 0.25) is 0 Å². The average molecular weight is 269 g/mol. The maximum absolute atomic E-state index is 12.4.